The van der Waals surface area contributed by atoms with Gasteiger partial charge in [0.1, 0.15) is 11.3 Å². The molecule has 1 aromatic rings. The second-order valence-corrected chi connectivity index (χ2v) is 12.6. The van der Waals surface area contributed by atoms with E-state index < -0.39 is 62.7 Å². The minimum Gasteiger partial charge on any atom is -0.438 e. The van der Waals surface area contributed by atoms with Crippen LogP contribution in [0.25, 0.3) is 0 Å². The third-order valence-corrected chi connectivity index (χ3v) is 6.80. The Morgan fingerprint density at radius 2 is 1.67 bits per heavy atom. The maximum absolute atomic E-state index is 12.1. The summed E-state index contributed by atoms with van der Waals surface area (Å²) in [5.41, 5.74) is 8.59. The summed E-state index contributed by atoms with van der Waals surface area (Å²) in [5.74, 6) is -1.51. The summed E-state index contributed by atoms with van der Waals surface area (Å²) >= 11 is 6.24. The predicted octanol–water partition coefficient (Wildman–Crippen LogP) is 4.08. The van der Waals surface area contributed by atoms with Crippen LogP contribution in [0.3, 0.4) is 0 Å². The van der Waals surface area contributed by atoms with Crippen LogP contribution in [0.15, 0.2) is 11.2 Å². The van der Waals surface area contributed by atoms with Gasteiger partial charge in [-0.2, -0.15) is 0 Å². The second-order valence-electron chi connectivity index (χ2n) is 11.0. The smallest absolute Gasteiger partial charge is 0.338 e. The zero-order chi connectivity index (χ0) is 29.6. The molecule has 1 fully saturated rings. The zero-order valence-electron chi connectivity index (χ0n) is 23.3. The molecule has 13 nitrogen and oxygen atoms in total. The number of aliphatic imine (C=N–C) groups is 1. The molecular formula is C24H38ClN4O9P. The van der Waals surface area contributed by atoms with Crippen molar-refractivity contribution in [2.24, 2.45) is 27.3 Å². The number of esters is 2. The molecule has 2 rings (SSSR count). The number of ether oxygens (including phenoxy) is 3. The standard InChI is InChI=1S/C24H38ClN4O9P/c1-22(2,3)20(31)33-13-36-39(37-14-34-21(32)23(4,5)6)35-11-15-8-9-24(7,38-15)29-10-16(25)17(18(27)30)19(29)28-12-26/h10,12,15H,8-9,11,13-14H2,1-7H3,(H2,26,28)(H2,27,30)/t15?,24-/m1/s1. The molecular weight excluding hydrogens is 555 g/mol. The molecule has 1 aromatic heterocycles. The summed E-state index contributed by atoms with van der Waals surface area (Å²) in [6.45, 7) is 11.2. The van der Waals surface area contributed by atoms with Crippen LogP contribution < -0.4 is 11.5 Å². The Morgan fingerprint density at radius 3 is 2.13 bits per heavy atom. The monoisotopic (exact) mass is 592 g/mol. The highest BCUT2D eigenvalue weighted by molar-refractivity contribution is 7.41. The Morgan fingerprint density at radius 1 is 1.13 bits per heavy atom. The largest absolute Gasteiger partial charge is 0.438 e. The van der Waals surface area contributed by atoms with E-state index in [-0.39, 0.29) is 23.0 Å². The van der Waals surface area contributed by atoms with E-state index in [1.54, 1.807) is 53.0 Å². The first-order chi connectivity index (χ1) is 18.0. The molecule has 0 saturated carbocycles. The van der Waals surface area contributed by atoms with Crippen molar-refractivity contribution in [2.75, 3.05) is 20.2 Å². The number of hydrogen-bond donors (Lipinski definition) is 2. The number of hydrogen-bond acceptors (Lipinski definition) is 10. The fraction of sp³-hybridized carbons (Fsp3) is 0.667. The van der Waals surface area contributed by atoms with Gasteiger partial charge in [0.15, 0.2) is 5.82 Å². The van der Waals surface area contributed by atoms with Crippen LogP contribution in [0, 0.1) is 10.8 Å². The number of nitrogens with zero attached hydrogens (tertiary/aromatic N) is 2. The highest BCUT2D eigenvalue weighted by Crippen LogP contribution is 2.44. The first-order valence-corrected chi connectivity index (χ1v) is 13.6. The third-order valence-electron chi connectivity index (χ3n) is 5.52. The van der Waals surface area contributed by atoms with Crippen LogP contribution in [0.5, 0.6) is 0 Å². The topological polar surface area (TPSA) is 176 Å². The van der Waals surface area contributed by atoms with Crippen LogP contribution in [0.2, 0.25) is 5.02 Å². The van der Waals surface area contributed by atoms with Crippen LogP contribution in [-0.2, 0) is 43.1 Å². The van der Waals surface area contributed by atoms with Crippen LogP contribution in [0.4, 0.5) is 5.82 Å². The van der Waals surface area contributed by atoms with E-state index >= 15 is 0 Å². The van der Waals surface area contributed by atoms with Crippen molar-refractivity contribution >= 4 is 50.2 Å². The molecule has 1 aliphatic heterocycles. The van der Waals surface area contributed by atoms with Crippen LogP contribution >= 0.6 is 20.2 Å². The lowest BCUT2D eigenvalue weighted by molar-refractivity contribution is -0.162. The fourth-order valence-electron chi connectivity index (χ4n) is 3.39. The molecule has 2 atom stereocenters. The highest BCUT2D eigenvalue weighted by Gasteiger charge is 2.41. The van der Waals surface area contributed by atoms with Crippen molar-refractivity contribution < 1.29 is 42.2 Å². The van der Waals surface area contributed by atoms with Gasteiger partial charge in [0.2, 0.25) is 13.6 Å². The van der Waals surface area contributed by atoms with Crippen LogP contribution in [-0.4, -0.2) is 55.0 Å². The molecule has 2 heterocycles. The van der Waals surface area contributed by atoms with Gasteiger partial charge >= 0.3 is 20.5 Å². The fourth-order valence-corrected chi connectivity index (χ4v) is 4.45. The predicted molar refractivity (Wildman–Crippen MR) is 144 cm³/mol. The number of rotatable bonds is 12. The molecule has 4 N–H and O–H groups in total. The van der Waals surface area contributed by atoms with Crippen molar-refractivity contribution in [1.29, 1.82) is 0 Å². The van der Waals surface area contributed by atoms with Crippen molar-refractivity contribution in [3.05, 3.63) is 16.8 Å². The molecule has 0 radical (unpaired) electrons. The summed E-state index contributed by atoms with van der Waals surface area (Å²) < 4.78 is 34.9. The van der Waals surface area contributed by atoms with E-state index in [4.69, 9.17) is 50.9 Å². The van der Waals surface area contributed by atoms with Crippen molar-refractivity contribution in [2.45, 2.75) is 73.1 Å². The number of carbonyl (C=O) groups is 3. The van der Waals surface area contributed by atoms with Gasteiger partial charge in [0, 0.05) is 6.20 Å². The molecule has 15 heteroatoms. The van der Waals surface area contributed by atoms with Gasteiger partial charge in [-0.25, -0.2) is 4.99 Å². The first-order valence-electron chi connectivity index (χ1n) is 12.2. The lowest BCUT2D eigenvalue weighted by Gasteiger charge is -2.28. The number of halogens is 1. The normalized spacial score (nSPS) is 20.1. The van der Waals surface area contributed by atoms with E-state index in [9.17, 15) is 14.4 Å². The lowest BCUT2D eigenvalue weighted by atomic mass is 9.98. The highest BCUT2D eigenvalue weighted by atomic mass is 35.5. The van der Waals surface area contributed by atoms with E-state index in [1.807, 2.05) is 0 Å². The lowest BCUT2D eigenvalue weighted by Crippen LogP contribution is -2.30. The molecule has 220 valence electrons. The minimum atomic E-state index is -2.08. The summed E-state index contributed by atoms with van der Waals surface area (Å²) in [4.78, 5) is 40.1. The molecule has 0 aliphatic carbocycles. The molecule has 1 unspecified atom stereocenters. The molecule has 1 amide bonds. The Kier molecular flexibility index (Phi) is 11.3. The van der Waals surface area contributed by atoms with Gasteiger partial charge < -0.3 is 34.8 Å². The van der Waals surface area contributed by atoms with Gasteiger partial charge in [-0.1, -0.05) is 11.6 Å². The number of carbonyl (C=O) groups excluding carboxylic acids is 3. The van der Waals surface area contributed by atoms with Gasteiger partial charge in [0.25, 0.3) is 5.91 Å². The molecule has 0 aromatic carbocycles. The molecule has 1 aliphatic rings. The van der Waals surface area contributed by atoms with Crippen molar-refractivity contribution in [3.8, 4) is 0 Å². The van der Waals surface area contributed by atoms with Gasteiger partial charge in [-0.05, 0) is 61.3 Å². The first kappa shape index (κ1) is 32.9. The average Bonchev–Trinajstić information content (AvgIpc) is 3.36. The van der Waals surface area contributed by atoms with E-state index in [2.05, 4.69) is 4.99 Å². The maximum atomic E-state index is 12.1. The third kappa shape index (κ3) is 9.12. The van der Waals surface area contributed by atoms with Crippen molar-refractivity contribution in [1.82, 2.24) is 4.57 Å². The second kappa shape index (κ2) is 13.4. The quantitative estimate of drug-likeness (QED) is 0.118. The summed E-state index contributed by atoms with van der Waals surface area (Å²) in [7, 11) is -2.08. The number of aromatic nitrogens is 1. The molecule has 0 bridgehead atoms. The van der Waals surface area contributed by atoms with Crippen LogP contribution in [0.1, 0.15) is 71.7 Å². The SMILES string of the molecule is CC(C)(C)C(=O)OCOP(OCOC(=O)C(C)(C)C)OCC1CC[C@](C)(n2cc(Cl)c(C(N)=O)c2/N=C\N)O1. The Bertz CT molecular complexity index is 1040. The number of amides is 1. The molecule has 39 heavy (non-hydrogen) atoms. The van der Waals surface area contributed by atoms with E-state index in [0.29, 0.717) is 12.8 Å². The summed E-state index contributed by atoms with van der Waals surface area (Å²) in [6.07, 6.45) is 3.21. The number of primary amides is 1. The minimum absolute atomic E-state index is 0.0304. The summed E-state index contributed by atoms with van der Waals surface area (Å²) in [6, 6.07) is 0. The Hall–Kier alpha value is -2.28. The van der Waals surface area contributed by atoms with Crippen molar-refractivity contribution in [3.63, 3.8) is 0 Å². The zero-order valence-corrected chi connectivity index (χ0v) is 25.0. The van der Waals surface area contributed by atoms with E-state index in [0.717, 1.165) is 6.34 Å². The Labute approximate surface area is 234 Å². The average molecular weight is 593 g/mol. The summed E-state index contributed by atoms with van der Waals surface area (Å²) in [5, 5.41) is 0.118. The molecule has 0 spiro atoms. The Balaban J connectivity index is 2.06. The number of nitrogens with two attached hydrogens (primary N) is 2. The van der Waals surface area contributed by atoms with Gasteiger partial charge in [-0.3, -0.25) is 23.4 Å². The van der Waals surface area contributed by atoms with E-state index in [1.165, 1.54) is 6.20 Å². The molecule has 1 saturated heterocycles. The van der Waals surface area contributed by atoms with Gasteiger partial charge in [0.05, 0.1) is 34.9 Å². The maximum Gasteiger partial charge on any atom is 0.338 e. The van der Waals surface area contributed by atoms with Gasteiger partial charge in [-0.15, -0.1) is 0 Å².